The van der Waals surface area contributed by atoms with Gasteiger partial charge in [-0.3, -0.25) is 4.79 Å². The summed E-state index contributed by atoms with van der Waals surface area (Å²) in [5, 5.41) is 4.06. The molecule has 84 valence electrons. The Balaban J connectivity index is 2.34. The molecule has 0 bridgehead atoms. The van der Waals surface area contributed by atoms with Gasteiger partial charge in [-0.1, -0.05) is 19.1 Å². The molecule has 0 saturated heterocycles. The molecule has 0 atom stereocenters. The average molecular weight is 216 g/mol. The SMILES string of the molecule is CCNCC(=O)c1c[nH]c2cc(C)ccc12. The van der Waals surface area contributed by atoms with Crippen LogP contribution in [-0.4, -0.2) is 23.9 Å². The van der Waals surface area contributed by atoms with Crippen LogP contribution >= 0.6 is 0 Å². The third kappa shape index (κ3) is 1.99. The van der Waals surface area contributed by atoms with Gasteiger partial charge in [0.2, 0.25) is 0 Å². The highest BCUT2D eigenvalue weighted by molar-refractivity contribution is 6.08. The maximum Gasteiger partial charge on any atom is 0.178 e. The highest BCUT2D eigenvalue weighted by atomic mass is 16.1. The topological polar surface area (TPSA) is 44.9 Å². The number of hydrogen-bond donors (Lipinski definition) is 2. The smallest absolute Gasteiger partial charge is 0.178 e. The lowest BCUT2D eigenvalue weighted by atomic mass is 10.1. The predicted octanol–water partition coefficient (Wildman–Crippen LogP) is 2.27. The number of Topliss-reactive ketones (excluding diaryl/α,β-unsaturated/α-hetero) is 1. The number of carbonyl (C=O) groups excluding carboxylic acids is 1. The van der Waals surface area contributed by atoms with Crippen molar-refractivity contribution in [3.63, 3.8) is 0 Å². The van der Waals surface area contributed by atoms with Gasteiger partial charge in [0.25, 0.3) is 0 Å². The minimum absolute atomic E-state index is 0.136. The van der Waals surface area contributed by atoms with E-state index >= 15 is 0 Å². The van der Waals surface area contributed by atoms with Crippen LogP contribution in [0.4, 0.5) is 0 Å². The number of ketones is 1. The molecule has 0 amide bonds. The zero-order valence-electron chi connectivity index (χ0n) is 9.63. The Morgan fingerprint density at radius 3 is 3.00 bits per heavy atom. The second-order valence-corrected chi connectivity index (χ2v) is 3.95. The molecule has 0 fully saturated rings. The van der Waals surface area contributed by atoms with Crippen molar-refractivity contribution in [3.8, 4) is 0 Å². The summed E-state index contributed by atoms with van der Waals surface area (Å²) < 4.78 is 0. The molecule has 1 aromatic carbocycles. The van der Waals surface area contributed by atoms with Gasteiger partial charge < -0.3 is 10.3 Å². The Labute approximate surface area is 94.9 Å². The normalized spacial score (nSPS) is 10.9. The molecule has 3 heteroatoms. The van der Waals surface area contributed by atoms with E-state index in [2.05, 4.69) is 16.4 Å². The first-order valence-corrected chi connectivity index (χ1v) is 5.54. The third-order valence-corrected chi connectivity index (χ3v) is 2.67. The van der Waals surface area contributed by atoms with Crippen LogP contribution in [-0.2, 0) is 0 Å². The average Bonchev–Trinajstić information content (AvgIpc) is 2.68. The zero-order chi connectivity index (χ0) is 11.5. The molecular weight excluding hydrogens is 200 g/mol. The second-order valence-electron chi connectivity index (χ2n) is 3.95. The summed E-state index contributed by atoms with van der Waals surface area (Å²) in [5.41, 5.74) is 3.00. The molecule has 0 aliphatic rings. The maximum atomic E-state index is 11.9. The first-order chi connectivity index (χ1) is 7.72. The molecule has 16 heavy (non-hydrogen) atoms. The van der Waals surface area contributed by atoms with Crippen LogP contribution in [0.2, 0.25) is 0 Å². The Kier molecular flexibility index (Phi) is 3.06. The number of carbonyl (C=O) groups is 1. The van der Waals surface area contributed by atoms with E-state index < -0.39 is 0 Å². The lowest BCUT2D eigenvalue weighted by Gasteiger charge is -2.00. The molecule has 0 unspecified atom stereocenters. The number of benzene rings is 1. The standard InChI is InChI=1S/C13H16N2O/c1-3-14-8-13(16)11-7-15-12-6-9(2)4-5-10(11)12/h4-7,14-15H,3,8H2,1-2H3. The largest absolute Gasteiger partial charge is 0.360 e. The fraction of sp³-hybridized carbons (Fsp3) is 0.308. The van der Waals surface area contributed by atoms with Crippen LogP contribution in [0.1, 0.15) is 22.8 Å². The highest BCUT2D eigenvalue weighted by Gasteiger charge is 2.10. The fourth-order valence-electron chi connectivity index (χ4n) is 1.80. The summed E-state index contributed by atoms with van der Waals surface area (Å²) in [5.74, 6) is 0.136. The van der Waals surface area contributed by atoms with Crippen molar-refractivity contribution in [2.75, 3.05) is 13.1 Å². The van der Waals surface area contributed by atoms with E-state index in [0.717, 1.165) is 23.0 Å². The maximum absolute atomic E-state index is 11.9. The highest BCUT2D eigenvalue weighted by Crippen LogP contribution is 2.19. The summed E-state index contributed by atoms with van der Waals surface area (Å²) in [6, 6.07) is 6.08. The predicted molar refractivity (Wildman–Crippen MR) is 65.9 cm³/mol. The van der Waals surface area contributed by atoms with E-state index in [-0.39, 0.29) is 5.78 Å². The van der Waals surface area contributed by atoms with Gasteiger partial charge in [-0.05, 0) is 25.1 Å². The summed E-state index contributed by atoms with van der Waals surface area (Å²) in [7, 11) is 0. The quantitative estimate of drug-likeness (QED) is 0.770. The van der Waals surface area contributed by atoms with E-state index in [9.17, 15) is 4.79 Å². The summed E-state index contributed by atoms with van der Waals surface area (Å²) in [6.45, 7) is 5.25. The van der Waals surface area contributed by atoms with Crippen molar-refractivity contribution in [2.24, 2.45) is 0 Å². The summed E-state index contributed by atoms with van der Waals surface area (Å²) in [4.78, 5) is 15.0. The lowest BCUT2D eigenvalue weighted by molar-refractivity contribution is 0.0993. The molecule has 2 rings (SSSR count). The Morgan fingerprint density at radius 1 is 1.44 bits per heavy atom. The van der Waals surface area contributed by atoms with Crippen molar-refractivity contribution in [1.82, 2.24) is 10.3 Å². The molecule has 2 N–H and O–H groups in total. The van der Waals surface area contributed by atoms with Crippen LogP contribution in [0.3, 0.4) is 0 Å². The molecule has 0 aliphatic carbocycles. The molecule has 0 spiro atoms. The van der Waals surface area contributed by atoms with Crippen LogP contribution < -0.4 is 5.32 Å². The minimum atomic E-state index is 0.136. The third-order valence-electron chi connectivity index (χ3n) is 2.67. The number of aryl methyl sites for hydroxylation is 1. The zero-order valence-corrected chi connectivity index (χ0v) is 9.63. The van der Waals surface area contributed by atoms with E-state index in [1.54, 1.807) is 6.20 Å². The monoisotopic (exact) mass is 216 g/mol. The Bertz CT molecular complexity index is 514. The fourth-order valence-corrected chi connectivity index (χ4v) is 1.80. The number of hydrogen-bond acceptors (Lipinski definition) is 2. The number of rotatable bonds is 4. The van der Waals surface area contributed by atoms with Crippen molar-refractivity contribution in [2.45, 2.75) is 13.8 Å². The van der Waals surface area contributed by atoms with Crippen molar-refractivity contribution >= 4 is 16.7 Å². The molecule has 3 nitrogen and oxygen atoms in total. The van der Waals surface area contributed by atoms with Gasteiger partial charge >= 0.3 is 0 Å². The number of nitrogens with one attached hydrogen (secondary N) is 2. The number of fused-ring (bicyclic) bond motifs is 1. The number of aromatic amines is 1. The second kappa shape index (κ2) is 4.49. The van der Waals surface area contributed by atoms with Gasteiger partial charge in [-0.2, -0.15) is 0 Å². The van der Waals surface area contributed by atoms with Crippen molar-refractivity contribution in [3.05, 3.63) is 35.5 Å². The molecule has 0 saturated carbocycles. The molecule has 0 aliphatic heterocycles. The van der Waals surface area contributed by atoms with Crippen molar-refractivity contribution < 1.29 is 4.79 Å². The first-order valence-electron chi connectivity index (χ1n) is 5.54. The van der Waals surface area contributed by atoms with Crippen LogP contribution in [0, 0.1) is 6.92 Å². The van der Waals surface area contributed by atoms with Gasteiger partial charge in [0.1, 0.15) is 0 Å². The Hall–Kier alpha value is -1.61. The number of likely N-dealkylation sites (N-methyl/N-ethyl adjacent to an activating group) is 1. The number of aromatic nitrogens is 1. The molecule has 0 radical (unpaired) electrons. The van der Waals surface area contributed by atoms with Gasteiger partial charge in [-0.15, -0.1) is 0 Å². The van der Waals surface area contributed by atoms with Crippen LogP contribution in [0.25, 0.3) is 10.9 Å². The van der Waals surface area contributed by atoms with E-state index in [1.165, 1.54) is 5.56 Å². The van der Waals surface area contributed by atoms with Gasteiger partial charge in [0.05, 0.1) is 6.54 Å². The van der Waals surface area contributed by atoms with E-state index in [4.69, 9.17) is 0 Å². The van der Waals surface area contributed by atoms with E-state index in [1.807, 2.05) is 26.0 Å². The first kappa shape index (κ1) is 10.9. The van der Waals surface area contributed by atoms with Gasteiger partial charge in [0, 0.05) is 22.7 Å². The Morgan fingerprint density at radius 2 is 2.25 bits per heavy atom. The molecular formula is C13H16N2O. The molecule has 2 aromatic rings. The summed E-state index contributed by atoms with van der Waals surface area (Å²) in [6.07, 6.45) is 1.80. The summed E-state index contributed by atoms with van der Waals surface area (Å²) >= 11 is 0. The van der Waals surface area contributed by atoms with Gasteiger partial charge in [0.15, 0.2) is 5.78 Å². The van der Waals surface area contributed by atoms with Crippen LogP contribution in [0.5, 0.6) is 0 Å². The van der Waals surface area contributed by atoms with E-state index in [0.29, 0.717) is 6.54 Å². The van der Waals surface area contributed by atoms with Crippen molar-refractivity contribution in [1.29, 1.82) is 0 Å². The van der Waals surface area contributed by atoms with Gasteiger partial charge in [-0.25, -0.2) is 0 Å². The lowest BCUT2D eigenvalue weighted by Crippen LogP contribution is -2.22. The molecule has 1 aromatic heterocycles. The molecule has 1 heterocycles. The van der Waals surface area contributed by atoms with Crippen LogP contribution in [0.15, 0.2) is 24.4 Å². The number of H-pyrrole nitrogens is 1. The minimum Gasteiger partial charge on any atom is -0.360 e.